The Balaban J connectivity index is 2.58. The maximum absolute atomic E-state index is 5.46. The Morgan fingerprint density at radius 1 is 1.69 bits per heavy atom. The summed E-state index contributed by atoms with van der Waals surface area (Å²) in [6, 6.07) is 0.384. The van der Waals surface area contributed by atoms with E-state index in [1.807, 2.05) is 21.0 Å². The number of ether oxygens (including phenoxy) is 1. The average Bonchev–Trinajstić information content (AvgIpc) is 2.17. The number of aliphatic imine (C=N–C) groups is 1. The van der Waals surface area contributed by atoms with Crippen molar-refractivity contribution in [2.24, 2.45) is 10.7 Å². The molecule has 0 saturated heterocycles. The molecule has 0 bridgehead atoms. The monoisotopic (exact) mass is 183 g/mol. The first-order valence-electron chi connectivity index (χ1n) is 4.37. The second-order valence-corrected chi connectivity index (χ2v) is 3.42. The molecule has 1 rings (SSSR count). The third-order valence-corrected chi connectivity index (χ3v) is 2.18. The van der Waals surface area contributed by atoms with Crippen LogP contribution in [0.1, 0.15) is 6.92 Å². The predicted molar refractivity (Wildman–Crippen MR) is 53.7 cm³/mol. The highest BCUT2D eigenvalue weighted by molar-refractivity contribution is 5.93. The zero-order valence-corrected chi connectivity index (χ0v) is 8.45. The number of likely N-dealkylation sites (N-methyl/N-ethyl adjacent to an activating group) is 1. The largest absolute Gasteiger partial charge is 0.476 e. The normalized spacial score (nSPS) is 24.2. The summed E-state index contributed by atoms with van der Waals surface area (Å²) in [4.78, 5) is 6.42. The van der Waals surface area contributed by atoms with Crippen LogP contribution >= 0.6 is 0 Å². The van der Waals surface area contributed by atoms with Crippen LogP contribution in [-0.2, 0) is 4.74 Å². The summed E-state index contributed by atoms with van der Waals surface area (Å²) < 4.78 is 5.46. The summed E-state index contributed by atoms with van der Waals surface area (Å²) in [7, 11) is 4.06. The molecule has 4 nitrogen and oxygen atoms in total. The van der Waals surface area contributed by atoms with Gasteiger partial charge < -0.3 is 15.4 Å². The van der Waals surface area contributed by atoms with E-state index in [1.54, 1.807) is 0 Å². The fraction of sp³-hybridized carbons (Fsp3) is 0.667. The molecule has 0 saturated carbocycles. The minimum atomic E-state index is 0.384. The van der Waals surface area contributed by atoms with Crippen LogP contribution < -0.4 is 5.73 Å². The Kier molecular flexibility index (Phi) is 3.31. The van der Waals surface area contributed by atoms with Crippen molar-refractivity contribution >= 4 is 5.90 Å². The number of rotatable bonds is 2. The van der Waals surface area contributed by atoms with Crippen molar-refractivity contribution in [1.29, 1.82) is 0 Å². The SMILES string of the molecule is C/C(=C/N)C1=NC[C@H](N(C)C)CO1. The number of hydrogen-bond acceptors (Lipinski definition) is 4. The summed E-state index contributed by atoms with van der Waals surface area (Å²) in [5, 5.41) is 0. The first-order chi connectivity index (χ1) is 6.15. The lowest BCUT2D eigenvalue weighted by Crippen LogP contribution is -2.39. The van der Waals surface area contributed by atoms with Gasteiger partial charge in [0, 0.05) is 11.8 Å². The maximum Gasteiger partial charge on any atom is 0.213 e. The molecule has 0 fully saturated rings. The molecule has 0 amide bonds. The van der Waals surface area contributed by atoms with Gasteiger partial charge in [-0.05, 0) is 21.0 Å². The topological polar surface area (TPSA) is 50.8 Å². The van der Waals surface area contributed by atoms with Crippen molar-refractivity contribution < 1.29 is 4.74 Å². The molecule has 2 N–H and O–H groups in total. The molecule has 0 aromatic carbocycles. The molecule has 1 aliphatic rings. The molecule has 0 aliphatic carbocycles. The van der Waals surface area contributed by atoms with E-state index >= 15 is 0 Å². The van der Waals surface area contributed by atoms with Crippen molar-refractivity contribution in [3.05, 3.63) is 11.8 Å². The van der Waals surface area contributed by atoms with E-state index in [-0.39, 0.29) is 0 Å². The van der Waals surface area contributed by atoms with Gasteiger partial charge in [-0.1, -0.05) is 0 Å². The van der Waals surface area contributed by atoms with Crippen molar-refractivity contribution in [3.63, 3.8) is 0 Å². The molecule has 0 aromatic heterocycles. The maximum atomic E-state index is 5.46. The predicted octanol–water partition coefficient (Wildman–Crippen LogP) is 0.208. The molecule has 1 aliphatic heterocycles. The molecule has 0 radical (unpaired) electrons. The van der Waals surface area contributed by atoms with Gasteiger partial charge in [-0.15, -0.1) is 0 Å². The van der Waals surface area contributed by atoms with Gasteiger partial charge >= 0.3 is 0 Å². The third-order valence-electron chi connectivity index (χ3n) is 2.18. The minimum Gasteiger partial charge on any atom is -0.476 e. The molecular weight excluding hydrogens is 166 g/mol. The first kappa shape index (κ1) is 10.1. The Morgan fingerprint density at radius 3 is 2.77 bits per heavy atom. The lowest BCUT2D eigenvalue weighted by atomic mass is 10.2. The second-order valence-electron chi connectivity index (χ2n) is 3.42. The molecule has 74 valence electrons. The molecule has 0 spiro atoms. The van der Waals surface area contributed by atoms with E-state index in [1.165, 1.54) is 6.20 Å². The Morgan fingerprint density at radius 2 is 2.38 bits per heavy atom. The van der Waals surface area contributed by atoms with Gasteiger partial charge in [-0.25, -0.2) is 4.99 Å². The fourth-order valence-electron chi connectivity index (χ4n) is 1.08. The summed E-state index contributed by atoms with van der Waals surface area (Å²) in [5.74, 6) is 0.681. The lowest BCUT2D eigenvalue weighted by Gasteiger charge is -2.27. The van der Waals surface area contributed by atoms with E-state index < -0.39 is 0 Å². The molecule has 1 atom stereocenters. The number of hydrogen-bond donors (Lipinski definition) is 1. The fourth-order valence-corrected chi connectivity index (χ4v) is 1.08. The highest BCUT2D eigenvalue weighted by Crippen LogP contribution is 2.07. The van der Waals surface area contributed by atoms with Crippen molar-refractivity contribution in [2.75, 3.05) is 27.2 Å². The molecule has 0 unspecified atom stereocenters. The van der Waals surface area contributed by atoms with Gasteiger partial charge in [0.1, 0.15) is 6.61 Å². The summed E-state index contributed by atoms with van der Waals surface area (Å²) in [6.07, 6.45) is 1.52. The van der Waals surface area contributed by atoms with E-state index in [9.17, 15) is 0 Å². The zero-order valence-electron chi connectivity index (χ0n) is 8.45. The van der Waals surface area contributed by atoms with E-state index in [0.717, 1.165) is 12.1 Å². The Bertz CT molecular complexity index is 233. The van der Waals surface area contributed by atoms with Crippen LogP contribution in [0.15, 0.2) is 16.8 Å². The van der Waals surface area contributed by atoms with Gasteiger partial charge in [-0.3, -0.25) is 0 Å². The van der Waals surface area contributed by atoms with E-state index in [4.69, 9.17) is 10.5 Å². The van der Waals surface area contributed by atoms with Crippen molar-refractivity contribution in [2.45, 2.75) is 13.0 Å². The molecular formula is C9H17N3O. The van der Waals surface area contributed by atoms with Crippen LogP contribution in [0.3, 0.4) is 0 Å². The second kappa shape index (κ2) is 4.28. The summed E-state index contributed by atoms with van der Waals surface area (Å²) >= 11 is 0. The number of nitrogens with two attached hydrogens (primary N) is 1. The van der Waals surface area contributed by atoms with E-state index in [2.05, 4.69) is 9.89 Å². The average molecular weight is 183 g/mol. The highest BCUT2D eigenvalue weighted by atomic mass is 16.5. The Hall–Kier alpha value is -1.03. The molecule has 0 aromatic rings. The van der Waals surface area contributed by atoms with Crippen LogP contribution in [-0.4, -0.2) is 44.1 Å². The first-order valence-corrected chi connectivity index (χ1v) is 4.37. The zero-order chi connectivity index (χ0) is 9.84. The lowest BCUT2D eigenvalue weighted by molar-refractivity contribution is 0.166. The van der Waals surface area contributed by atoms with E-state index in [0.29, 0.717) is 18.5 Å². The van der Waals surface area contributed by atoms with Crippen LogP contribution in [0.2, 0.25) is 0 Å². The highest BCUT2D eigenvalue weighted by Gasteiger charge is 2.18. The van der Waals surface area contributed by atoms with Crippen molar-refractivity contribution in [3.8, 4) is 0 Å². The summed E-state index contributed by atoms with van der Waals surface area (Å²) in [5.41, 5.74) is 6.26. The molecule has 4 heteroatoms. The van der Waals surface area contributed by atoms with Crippen molar-refractivity contribution in [1.82, 2.24) is 4.90 Å². The van der Waals surface area contributed by atoms with Gasteiger partial charge in [0.2, 0.25) is 5.90 Å². The molecule has 13 heavy (non-hydrogen) atoms. The third kappa shape index (κ3) is 2.45. The van der Waals surface area contributed by atoms with Gasteiger partial charge in [0.25, 0.3) is 0 Å². The van der Waals surface area contributed by atoms with Gasteiger partial charge in [0.15, 0.2) is 0 Å². The van der Waals surface area contributed by atoms with Gasteiger partial charge in [-0.2, -0.15) is 0 Å². The van der Waals surface area contributed by atoms with Crippen LogP contribution in [0.4, 0.5) is 0 Å². The smallest absolute Gasteiger partial charge is 0.213 e. The van der Waals surface area contributed by atoms with Crippen LogP contribution in [0.25, 0.3) is 0 Å². The quantitative estimate of drug-likeness (QED) is 0.665. The minimum absolute atomic E-state index is 0.384. The van der Waals surface area contributed by atoms with Gasteiger partial charge in [0.05, 0.1) is 12.6 Å². The van der Waals surface area contributed by atoms with Crippen LogP contribution in [0, 0.1) is 0 Å². The molecule has 1 heterocycles. The standard InChI is InChI=1S/C9H17N3O/c1-7(4-10)9-11-5-8(6-13-9)12(2)3/h4,8H,5-6,10H2,1-3H3/b7-4-/t8-/m0/s1. The summed E-state index contributed by atoms with van der Waals surface area (Å²) in [6.45, 7) is 3.37. The van der Waals surface area contributed by atoms with Crippen LogP contribution in [0.5, 0.6) is 0 Å². The Labute approximate surface area is 79.1 Å². The number of nitrogens with zero attached hydrogens (tertiary/aromatic N) is 2.